The molecule has 0 radical (unpaired) electrons. The highest BCUT2D eigenvalue weighted by Crippen LogP contribution is 2.39. The molecule has 162 valence electrons. The minimum atomic E-state index is -1.62. The summed E-state index contributed by atoms with van der Waals surface area (Å²) in [5.74, 6) is -0.657. The van der Waals surface area contributed by atoms with Gasteiger partial charge in [0.05, 0.1) is 19.3 Å². The normalized spacial score (nSPS) is 31.2. The van der Waals surface area contributed by atoms with Crippen molar-refractivity contribution in [2.45, 2.75) is 36.9 Å². The van der Waals surface area contributed by atoms with Crippen LogP contribution in [0.5, 0.6) is 11.5 Å². The Morgan fingerprint density at radius 2 is 1.97 bits per heavy atom. The van der Waals surface area contributed by atoms with Crippen LogP contribution in [0.1, 0.15) is 28.4 Å². The Morgan fingerprint density at radius 3 is 2.60 bits per heavy atom. The van der Waals surface area contributed by atoms with Crippen LogP contribution in [0.2, 0.25) is 0 Å². The van der Waals surface area contributed by atoms with Crippen LogP contribution < -0.4 is 4.74 Å². The zero-order chi connectivity index (χ0) is 21.8. The van der Waals surface area contributed by atoms with E-state index in [1.54, 1.807) is 6.08 Å². The number of aromatic hydroxyl groups is 1. The summed E-state index contributed by atoms with van der Waals surface area (Å²) in [6.07, 6.45) is 4.31. The molecule has 1 aliphatic heterocycles. The number of aliphatic hydroxyl groups excluding tert-OH is 4. The fourth-order valence-electron chi connectivity index (χ4n) is 3.63. The van der Waals surface area contributed by atoms with E-state index in [1.165, 1.54) is 25.3 Å². The lowest BCUT2D eigenvalue weighted by atomic mass is 9.87. The highest BCUT2D eigenvalue weighted by atomic mass is 16.5. The molecule has 5 N–H and O–H groups in total. The van der Waals surface area contributed by atoms with E-state index in [-0.39, 0.29) is 28.5 Å². The van der Waals surface area contributed by atoms with Crippen molar-refractivity contribution >= 4 is 5.78 Å². The lowest BCUT2D eigenvalue weighted by Gasteiger charge is -2.40. The van der Waals surface area contributed by atoms with Crippen molar-refractivity contribution in [1.29, 1.82) is 0 Å². The molecule has 3 rings (SSSR count). The third-order valence-electron chi connectivity index (χ3n) is 5.31. The first-order valence-corrected chi connectivity index (χ1v) is 9.64. The molecule has 0 spiro atoms. The van der Waals surface area contributed by atoms with Crippen molar-refractivity contribution in [2.24, 2.45) is 5.92 Å². The molecule has 8 nitrogen and oxygen atoms in total. The monoisotopic (exact) mass is 418 g/mol. The number of carbonyl (C=O) groups is 1. The molecular weight excluding hydrogens is 392 g/mol. The molecule has 0 saturated carbocycles. The van der Waals surface area contributed by atoms with Gasteiger partial charge in [-0.05, 0) is 24.5 Å². The highest BCUT2D eigenvalue weighted by molar-refractivity contribution is 6.08. The molecule has 0 aromatic heterocycles. The average molecular weight is 418 g/mol. The van der Waals surface area contributed by atoms with Crippen LogP contribution in [-0.2, 0) is 4.74 Å². The maximum atomic E-state index is 12.9. The van der Waals surface area contributed by atoms with Crippen LogP contribution in [0.25, 0.3) is 0 Å². The van der Waals surface area contributed by atoms with Gasteiger partial charge >= 0.3 is 0 Å². The van der Waals surface area contributed by atoms with Gasteiger partial charge in [0.2, 0.25) is 0 Å². The fraction of sp³-hybridized carbons (Fsp3) is 0.409. The predicted molar refractivity (Wildman–Crippen MR) is 107 cm³/mol. The van der Waals surface area contributed by atoms with Crippen LogP contribution in [-0.4, -0.2) is 69.4 Å². The summed E-state index contributed by atoms with van der Waals surface area (Å²) in [5.41, 5.74) is -0.0378. The molecule has 2 aliphatic rings. The standard InChI is InChI=1S/C22H26O8/c1-29-13-9-14(22-21(28)20(27)19(26)17(11-23)30-22)18(16(25)10-13)15(24)8-7-12-5-3-2-4-6-12/h2-5,7-10,12,17,19-23,25-28H,6,11H2,1H3/t12?,17-,19-,20+,21-,22?/m1/s1. The minimum Gasteiger partial charge on any atom is -0.507 e. The van der Waals surface area contributed by atoms with Gasteiger partial charge < -0.3 is 35.0 Å². The van der Waals surface area contributed by atoms with Gasteiger partial charge in [0.25, 0.3) is 0 Å². The molecule has 2 unspecified atom stereocenters. The van der Waals surface area contributed by atoms with E-state index < -0.39 is 42.9 Å². The third kappa shape index (κ3) is 4.48. The molecule has 1 fully saturated rings. The van der Waals surface area contributed by atoms with Crippen LogP contribution in [0.3, 0.4) is 0 Å². The van der Waals surface area contributed by atoms with Crippen LogP contribution in [0.15, 0.2) is 48.6 Å². The van der Waals surface area contributed by atoms with Crippen molar-refractivity contribution in [1.82, 2.24) is 0 Å². The number of ketones is 1. The number of rotatable bonds is 6. The first kappa shape index (κ1) is 22.2. The zero-order valence-electron chi connectivity index (χ0n) is 16.5. The SMILES string of the molecule is COc1cc(O)c(C(=O)C=CC2C=CC=CC2)c(C2O[C@H](CO)[C@@H](O)[C@H](O)[C@H]2O)c1. The first-order valence-electron chi connectivity index (χ1n) is 9.64. The number of methoxy groups -OCH3 is 1. The van der Waals surface area contributed by atoms with E-state index >= 15 is 0 Å². The molecule has 1 aromatic carbocycles. The molecule has 8 heteroatoms. The van der Waals surface area contributed by atoms with Gasteiger partial charge in [-0.2, -0.15) is 0 Å². The van der Waals surface area contributed by atoms with Crippen LogP contribution >= 0.6 is 0 Å². The van der Waals surface area contributed by atoms with Crippen molar-refractivity contribution in [3.8, 4) is 11.5 Å². The third-order valence-corrected chi connectivity index (χ3v) is 5.31. The summed E-state index contributed by atoms with van der Waals surface area (Å²) in [5, 5.41) is 50.6. The van der Waals surface area contributed by atoms with E-state index in [2.05, 4.69) is 0 Å². The Balaban J connectivity index is 1.99. The lowest BCUT2D eigenvalue weighted by Crippen LogP contribution is -2.55. The van der Waals surface area contributed by atoms with Crippen LogP contribution in [0, 0.1) is 5.92 Å². The zero-order valence-corrected chi connectivity index (χ0v) is 16.5. The molecule has 1 saturated heterocycles. The van der Waals surface area contributed by atoms with E-state index in [4.69, 9.17) is 9.47 Å². The predicted octanol–water partition coefficient (Wildman–Crippen LogP) is 0.787. The molecule has 30 heavy (non-hydrogen) atoms. The van der Waals surface area contributed by atoms with Gasteiger partial charge in [0.1, 0.15) is 42.0 Å². The van der Waals surface area contributed by atoms with Crippen molar-refractivity contribution in [2.75, 3.05) is 13.7 Å². The van der Waals surface area contributed by atoms with Gasteiger partial charge in [-0.25, -0.2) is 0 Å². The second-order valence-electron chi connectivity index (χ2n) is 7.30. The highest BCUT2D eigenvalue weighted by Gasteiger charge is 2.45. The quantitative estimate of drug-likeness (QED) is 0.338. The molecule has 1 aliphatic carbocycles. The van der Waals surface area contributed by atoms with E-state index in [0.29, 0.717) is 0 Å². The molecular formula is C22H26O8. The van der Waals surface area contributed by atoms with Gasteiger partial charge in [-0.1, -0.05) is 30.4 Å². The van der Waals surface area contributed by atoms with Gasteiger partial charge in [-0.15, -0.1) is 0 Å². The van der Waals surface area contributed by atoms with Gasteiger partial charge in [0.15, 0.2) is 5.78 Å². The summed E-state index contributed by atoms with van der Waals surface area (Å²) >= 11 is 0. The second kappa shape index (κ2) is 9.55. The molecule has 1 aromatic rings. The van der Waals surface area contributed by atoms with E-state index in [1.807, 2.05) is 24.3 Å². The number of phenolic OH excluding ortho intramolecular Hbond substituents is 1. The van der Waals surface area contributed by atoms with Crippen molar-refractivity contribution in [3.63, 3.8) is 0 Å². The van der Waals surface area contributed by atoms with Crippen LogP contribution in [0.4, 0.5) is 0 Å². The molecule has 0 amide bonds. The Bertz CT molecular complexity index is 857. The number of aliphatic hydroxyl groups is 4. The number of phenols is 1. The number of hydrogen-bond acceptors (Lipinski definition) is 8. The number of benzene rings is 1. The van der Waals surface area contributed by atoms with E-state index in [9.17, 15) is 30.3 Å². The minimum absolute atomic E-state index is 0.0371. The summed E-state index contributed by atoms with van der Waals surface area (Å²) in [6.45, 7) is -0.609. The number of carbonyl (C=O) groups excluding carboxylic acids is 1. The van der Waals surface area contributed by atoms with Gasteiger partial charge in [0, 0.05) is 11.6 Å². The topological polar surface area (TPSA) is 137 Å². The Kier molecular flexibility index (Phi) is 7.06. The summed E-state index contributed by atoms with van der Waals surface area (Å²) in [7, 11) is 1.37. The molecule has 1 heterocycles. The first-order chi connectivity index (χ1) is 14.4. The maximum Gasteiger partial charge on any atom is 0.189 e. The summed E-state index contributed by atoms with van der Waals surface area (Å²) < 4.78 is 10.7. The van der Waals surface area contributed by atoms with E-state index in [0.717, 1.165) is 6.42 Å². The molecule has 0 bridgehead atoms. The number of ether oxygens (including phenoxy) is 2. The Hall–Kier alpha value is -2.49. The largest absolute Gasteiger partial charge is 0.507 e. The van der Waals surface area contributed by atoms with Gasteiger partial charge in [-0.3, -0.25) is 4.79 Å². The Morgan fingerprint density at radius 1 is 1.20 bits per heavy atom. The smallest absolute Gasteiger partial charge is 0.189 e. The lowest BCUT2D eigenvalue weighted by molar-refractivity contribution is -0.231. The fourth-order valence-corrected chi connectivity index (χ4v) is 3.63. The Labute approximate surface area is 174 Å². The second-order valence-corrected chi connectivity index (χ2v) is 7.30. The summed E-state index contributed by atoms with van der Waals surface area (Å²) in [4.78, 5) is 12.9. The average Bonchev–Trinajstić information content (AvgIpc) is 2.76. The van der Waals surface area contributed by atoms with Crippen molar-refractivity contribution < 1.29 is 39.8 Å². The number of allylic oxidation sites excluding steroid dienone is 6. The number of hydrogen-bond donors (Lipinski definition) is 5. The maximum absolute atomic E-state index is 12.9. The van der Waals surface area contributed by atoms with Crippen molar-refractivity contribution in [3.05, 3.63) is 59.7 Å². The molecule has 6 atom stereocenters. The summed E-state index contributed by atoms with van der Waals surface area (Å²) in [6, 6.07) is 2.68.